The molecule has 4 saturated carbocycles. The summed E-state index contributed by atoms with van der Waals surface area (Å²) >= 11 is 0. The van der Waals surface area contributed by atoms with Crippen LogP contribution in [0.4, 0.5) is 4.39 Å². The first-order chi connectivity index (χ1) is 12.9. The third-order valence-electron chi connectivity index (χ3n) is 7.50. The lowest BCUT2D eigenvalue weighted by Crippen LogP contribution is -2.55. The number of hydrogen-bond donors (Lipinski definition) is 1. The van der Waals surface area contributed by atoms with E-state index in [1.54, 1.807) is 12.1 Å². The number of halogens is 1. The van der Waals surface area contributed by atoms with Crippen LogP contribution < -0.4 is 5.32 Å². The van der Waals surface area contributed by atoms with Crippen LogP contribution >= 0.6 is 0 Å². The number of aryl methyl sites for hydroxylation is 1. The number of hydrogen-bond acceptors (Lipinski definition) is 2. The van der Waals surface area contributed by atoms with Crippen LogP contribution in [0.15, 0.2) is 24.3 Å². The Morgan fingerprint density at radius 2 is 1.78 bits per heavy atom. The maximum atomic E-state index is 13.8. The molecule has 0 radical (unpaired) electrons. The number of carbonyl (C=O) groups is 1. The van der Waals surface area contributed by atoms with Gasteiger partial charge in [-0.15, -0.1) is 0 Å². The van der Waals surface area contributed by atoms with E-state index in [1.165, 1.54) is 50.7 Å². The molecule has 0 saturated heterocycles. The van der Waals surface area contributed by atoms with E-state index >= 15 is 0 Å². The number of nitrogens with one attached hydrogen (secondary N) is 1. The van der Waals surface area contributed by atoms with Crippen molar-refractivity contribution in [2.24, 2.45) is 23.2 Å². The summed E-state index contributed by atoms with van der Waals surface area (Å²) < 4.78 is 13.8. The summed E-state index contributed by atoms with van der Waals surface area (Å²) in [5.74, 6) is 2.13. The van der Waals surface area contributed by atoms with E-state index in [2.05, 4.69) is 17.2 Å². The van der Waals surface area contributed by atoms with Crippen LogP contribution in [0.25, 0.3) is 10.9 Å². The molecule has 1 N–H and O–H groups in total. The van der Waals surface area contributed by atoms with Gasteiger partial charge < -0.3 is 5.32 Å². The Morgan fingerprint density at radius 3 is 2.41 bits per heavy atom. The number of nitrogens with zero attached hydrogens (tertiary/aromatic N) is 1. The van der Waals surface area contributed by atoms with Gasteiger partial charge in [-0.25, -0.2) is 4.39 Å². The summed E-state index contributed by atoms with van der Waals surface area (Å²) in [6, 6.07) is 6.40. The number of amides is 1. The van der Waals surface area contributed by atoms with Crippen molar-refractivity contribution < 1.29 is 9.18 Å². The van der Waals surface area contributed by atoms with Crippen molar-refractivity contribution in [3.8, 4) is 0 Å². The fraction of sp³-hybridized carbons (Fsp3) is 0.565. The van der Waals surface area contributed by atoms with Gasteiger partial charge in [-0.3, -0.25) is 9.78 Å². The monoisotopic (exact) mass is 366 g/mol. The van der Waals surface area contributed by atoms with Gasteiger partial charge in [0.15, 0.2) is 0 Å². The van der Waals surface area contributed by atoms with E-state index < -0.39 is 0 Å². The molecule has 1 atom stereocenters. The summed E-state index contributed by atoms with van der Waals surface area (Å²) in [7, 11) is 0. The number of carbonyl (C=O) groups excluding carboxylic acids is 1. The van der Waals surface area contributed by atoms with Crippen LogP contribution in [-0.2, 0) is 0 Å². The molecule has 142 valence electrons. The minimum absolute atomic E-state index is 0.0978. The van der Waals surface area contributed by atoms with Crippen LogP contribution in [-0.4, -0.2) is 16.9 Å². The Kier molecular flexibility index (Phi) is 3.82. The van der Waals surface area contributed by atoms with Crippen molar-refractivity contribution in [3.63, 3.8) is 0 Å². The lowest BCUT2D eigenvalue weighted by molar-refractivity contribution is -0.0687. The topological polar surface area (TPSA) is 42.0 Å². The molecular weight excluding hydrogens is 339 g/mol. The van der Waals surface area contributed by atoms with Crippen LogP contribution in [0.5, 0.6) is 0 Å². The lowest BCUT2D eigenvalue weighted by atomic mass is 9.48. The van der Waals surface area contributed by atoms with E-state index in [9.17, 15) is 9.18 Å². The number of pyridine rings is 1. The Bertz CT molecular complexity index is 887. The molecular formula is C23H27FN2O. The van der Waals surface area contributed by atoms with Gasteiger partial charge in [0, 0.05) is 17.1 Å². The molecule has 4 aliphatic rings. The molecule has 4 fully saturated rings. The second kappa shape index (κ2) is 6.02. The molecule has 4 bridgehead atoms. The highest BCUT2D eigenvalue weighted by Gasteiger charge is 2.53. The molecule has 6 rings (SSSR count). The zero-order valence-electron chi connectivity index (χ0n) is 16.1. The van der Waals surface area contributed by atoms with Crippen molar-refractivity contribution in [2.45, 2.75) is 58.4 Å². The lowest BCUT2D eigenvalue weighted by Gasteiger charge is -2.59. The third-order valence-corrected chi connectivity index (χ3v) is 7.50. The number of benzene rings is 1. The van der Waals surface area contributed by atoms with Crippen molar-refractivity contribution in [3.05, 3.63) is 41.3 Å². The molecule has 0 spiro atoms. The van der Waals surface area contributed by atoms with Gasteiger partial charge in [0.1, 0.15) is 5.82 Å². The van der Waals surface area contributed by atoms with Gasteiger partial charge in [-0.05, 0) is 99.8 Å². The first-order valence-electron chi connectivity index (χ1n) is 10.3. The maximum absolute atomic E-state index is 13.8. The zero-order chi connectivity index (χ0) is 18.8. The Balaban J connectivity index is 1.44. The minimum Gasteiger partial charge on any atom is -0.349 e. The minimum atomic E-state index is -0.337. The van der Waals surface area contributed by atoms with Crippen molar-refractivity contribution >= 4 is 16.8 Å². The molecule has 1 heterocycles. The van der Waals surface area contributed by atoms with Crippen molar-refractivity contribution in [2.75, 3.05) is 0 Å². The molecule has 1 unspecified atom stereocenters. The van der Waals surface area contributed by atoms with E-state index in [4.69, 9.17) is 0 Å². The number of fused-ring (bicyclic) bond motifs is 1. The molecule has 4 aliphatic carbocycles. The van der Waals surface area contributed by atoms with E-state index in [0.29, 0.717) is 16.5 Å². The highest BCUT2D eigenvalue weighted by molar-refractivity contribution is 6.06. The summed E-state index contributed by atoms with van der Waals surface area (Å²) in [6.45, 7) is 4.06. The second-order valence-electron chi connectivity index (χ2n) is 9.45. The van der Waals surface area contributed by atoms with Gasteiger partial charge in [0.2, 0.25) is 0 Å². The molecule has 27 heavy (non-hydrogen) atoms. The number of rotatable bonds is 3. The van der Waals surface area contributed by atoms with Gasteiger partial charge in [0.05, 0.1) is 11.1 Å². The Labute approximate surface area is 159 Å². The summed E-state index contributed by atoms with van der Waals surface area (Å²) in [4.78, 5) is 17.6. The normalized spacial score (nSPS) is 32.6. The standard InChI is InChI=1S/C23H27FN2O/c1-13-5-20(19-9-18(24)3-4-21(19)25-13)22(27)26-14(2)23-10-15-6-16(11-23)8-17(7-15)12-23/h3-5,9,14-17H,6-8,10-12H2,1-2H3,(H,26,27). The highest BCUT2D eigenvalue weighted by atomic mass is 19.1. The van der Waals surface area contributed by atoms with Crippen LogP contribution in [0.1, 0.15) is 61.5 Å². The summed E-state index contributed by atoms with van der Waals surface area (Å²) in [5, 5.41) is 3.90. The van der Waals surface area contributed by atoms with E-state index in [-0.39, 0.29) is 23.2 Å². The predicted octanol–water partition coefficient (Wildman–Crippen LogP) is 5.02. The predicted molar refractivity (Wildman–Crippen MR) is 104 cm³/mol. The Hall–Kier alpha value is -1.97. The fourth-order valence-corrected chi connectivity index (χ4v) is 6.65. The molecule has 1 aromatic carbocycles. The fourth-order valence-electron chi connectivity index (χ4n) is 6.65. The highest BCUT2D eigenvalue weighted by Crippen LogP contribution is 2.61. The third kappa shape index (κ3) is 2.84. The number of aromatic nitrogens is 1. The van der Waals surface area contributed by atoms with E-state index in [0.717, 1.165) is 23.4 Å². The van der Waals surface area contributed by atoms with Crippen LogP contribution in [0.3, 0.4) is 0 Å². The first kappa shape index (κ1) is 17.2. The SMILES string of the molecule is Cc1cc(C(=O)NC(C)C23CC4CC(CC(C4)C2)C3)c2cc(F)ccc2n1. The molecule has 4 heteroatoms. The second-order valence-corrected chi connectivity index (χ2v) is 9.45. The molecule has 1 amide bonds. The Morgan fingerprint density at radius 1 is 1.15 bits per heavy atom. The summed E-state index contributed by atoms with van der Waals surface area (Å²) in [6.07, 6.45) is 7.95. The van der Waals surface area contributed by atoms with Gasteiger partial charge in [-0.1, -0.05) is 0 Å². The average molecular weight is 366 g/mol. The molecule has 0 aliphatic heterocycles. The molecule has 1 aromatic heterocycles. The molecule has 2 aromatic rings. The van der Waals surface area contributed by atoms with Gasteiger partial charge in [0.25, 0.3) is 5.91 Å². The maximum Gasteiger partial charge on any atom is 0.252 e. The average Bonchev–Trinajstić information content (AvgIpc) is 2.60. The smallest absolute Gasteiger partial charge is 0.252 e. The first-order valence-corrected chi connectivity index (χ1v) is 10.3. The summed E-state index contributed by atoms with van der Waals surface area (Å²) in [5.41, 5.74) is 2.24. The van der Waals surface area contributed by atoms with Gasteiger partial charge in [-0.2, -0.15) is 0 Å². The van der Waals surface area contributed by atoms with Crippen LogP contribution in [0, 0.1) is 35.9 Å². The molecule has 3 nitrogen and oxygen atoms in total. The van der Waals surface area contributed by atoms with Crippen LogP contribution in [0.2, 0.25) is 0 Å². The van der Waals surface area contributed by atoms with Crippen molar-refractivity contribution in [1.29, 1.82) is 0 Å². The van der Waals surface area contributed by atoms with Gasteiger partial charge >= 0.3 is 0 Å². The zero-order valence-corrected chi connectivity index (χ0v) is 16.1. The largest absolute Gasteiger partial charge is 0.349 e. The van der Waals surface area contributed by atoms with Crippen molar-refractivity contribution in [1.82, 2.24) is 10.3 Å². The van der Waals surface area contributed by atoms with E-state index in [1.807, 2.05) is 6.92 Å². The quantitative estimate of drug-likeness (QED) is 0.829.